The van der Waals surface area contributed by atoms with E-state index < -0.39 is 11.5 Å². The van der Waals surface area contributed by atoms with E-state index in [1.807, 2.05) is 41.3 Å². The van der Waals surface area contributed by atoms with Gasteiger partial charge in [-0.2, -0.15) is 0 Å². The molecule has 3 atom stereocenters. The molecule has 2 aromatic rings. The van der Waals surface area contributed by atoms with Crippen LogP contribution in [0.2, 0.25) is 0 Å². The third-order valence-electron chi connectivity index (χ3n) is 7.17. The van der Waals surface area contributed by atoms with Crippen LogP contribution in [0.3, 0.4) is 0 Å². The van der Waals surface area contributed by atoms with Gasteiger partial charge >= 0.3 is 0 Å². The van der Waals surface area contributed by atoms with Crippen LogP contribution in [0.25, 0.3) is 0 Å². The lowest BCUT2D eigenvalue weighted by Crippen LogP contribution is -2.62. The van der Waals surface area contributed by atoms with Crippen LogP contribution < -0.4 is 9.47 Å². The number of aromatic hydroxyl groups is 1. The first-order valence-corrected chi connectivity index (χ1v) is 11.4. The zero-order valence-corrected chi connectivity index (χ0v) is 19.3. The number of hydrogen-bond acceptors (Lipinski definition) is 6. The van der Waals surface area contributed by atoms with Crippen LogP contribution in [0.15, 0.2) is 48.6 Å². The summed E-state index contributed by atoms with van der Waals surface area (Å²) in [6.45, 7) is 1.07. The van der Waals surface area contributed by atoms with E-state index in [9.17, 15) is 14.7 Å². The van der Waals surface area contributed by atoms with Gasteiger partial charge in [0.05, 0.1) is 12.1 Å². The zero-order chi connectivity index (χ0) is 23.9. The fourth-order valence-electron chi connectivity index (χ4n) is 5.34. The molecule has 0 saturated carbocycles. The van der Waals surface area contributed by atoms with Gasteiger partial charge in [0, 0.05) is 27.2 Å². The Hall–Kier alpha value is -3.52. The Balaban J connectivity index is 1.59. The normalized spacial score (nSPS) is 24.9. The number of amides is 2. The fourth-order valence-corrected chi connectivity index (χ4v) is 5.34. The van der Waals surface area contributed by atoms with Gasteiger partial charge in [-0.15, -0.1) is 0 Å². The lowest BCUT2D eigenvalue weighted by Gasteiger charge is -2.50. The van der Waals surface area contributed by atoms with Crippen LogP contribution in [-0.4, -0.2) is 66.9 Å². The molecule has 178 valence electrons. The first-order valence-electron chi connectivity index (χ1n) is 11.4. The molecular weight excluding hydrogens is 436 g/mol. The highest BCUT2D eigenvalue weighted by molar-refractivity contribution is 5.94. The Morgan fingerprint density at radius 1 is 1.24 bits per heavy atom. The molecule has 0 bridgehead atoms. The number of phenols is 1. The number of likely N-dealkylation sites (N-methyl/N-ethyl adjacent to an activating group) is 1. The number of methoxy groups -OCH3 is 1. The second-order valence-corrected chi connectivity index (χ2v) is 9.03. The summed E-state index contributed by atoms with van der Waals surface area (Å²) in [6.07, 6.45) is 5.54. The number of ether oxygens (including phenoxy) is 3. The minimum Gasteiger partial charge on any atom is -0.508 e. The van der Waals surface area contributed by atoms with Gasteiger partial charge in [-0.3, -0.25) is 9.59 Å². The highest BCUT2D eigenvalue weighted by Gasteiger charge is 2.54. The molecule has 1 spiro atoms. The fraction of sp³-hybridized carbons (Fsp3) is 0.385. The number of hydrogen-bond donors (Lipinski definition) is 1. The summed E-state index contributed by atoms with van der Waals surface area (Å²) < 4.78 is 16.8. The molecule has 3 aliphatic rings. The molecule has 1 N–H and O–H groups in total. The number of fused-ring (bicyclic) bond motifs is 3. The van der Waals surface area contributed by atoms with Crippen molar-refractivity contribution in [2.45, 2.75) is 36.9 Å². The van der Waals surface area contributed by atoms with Gasteiger partial charge < -0.3 is 29.1 Å². The summed E-state index contributed by atoms with van der Waals surface area (Å²) in [5, 5.41) is 9.58. The Labute approximate surface area is 198 Å². The number of carbonyl (C=O) groups excluding carboxylic acids is 2. The second kappa shape index (κ2) is 8.68. The minimum atomic E-state index is -1.06. The second-order valence-electron chi connectivity index (χ2n) is 9.03. The van der Waals surface area contributed by atoms with Crippen molar-refractivity contribution in [2.75, 3.05) is 27.5 Å². The summed E-state index contributed by atoms with van der Waals surface area (Å²) >= 11 is 0. The molecule has 0 saturated heterocycles. The molecule has 2 heterocycles. The van der Waals surface area contributed by atoms with Gasteiger partial charge in [0.25, 0.3) is 0 Å². The highest BCUT2D eigenvalue weighted by atomic mass is 16.7. The smallest absolute Gasteiger partial charge is 0.239 e. The molecule has 8 nitrogen and oxygen atoms in total. The lowest BCUT2D eigenvalue weighted by molar-refractivity contribution is -0.142. The molecule has 34 heavy (non-hydrogen) atoms. The van der Waals surface area contributed by atoms with E-state index in [-0.39, 0.29) is 24.6 Å². The lowest BCUT2D eigenvalue weighted by atomic mass is 9.64. The van der Waals surface area contributed by atoms with E-state index in [2.05, 4.69) is 0 Å². The van der Waals surface area contributed by atoms with E-state index in [0.29, 0.717) is 37.4 Å². The molecule has 0 radical (unpaired) electrons. The number of rotatable bonds is 6. The van der Waals surface area contributed by atoms with Gasteiger partial charge in [-0.1, -0.05) is 24.3 Å². The highest BCUT2D eigenvalue weighted by Crippen LogP contribution is 2.48. The SMILES string of the molecule is CO[C@H]1C=C[C@@]2(C(=O)N(CCc3ccc(O)cc3)Cc3cc4c(cc32)OCO4)[C@H](N(C)C=O)C1. The van der Waals surface area contributed by atoms with Gasteiger partial charge in [0.2, 0.25) is 19.1 Å². The van der Waals surface area contributed by atoms with Gasteiger partial charge in [0.15, 0.2) is 11.5 Å². The Morgan fingerprint density at radius 2 is 1.97 bits per heavy atom. The molecule has 2 aliphatic heterocycles. The predicted molar refractivity (Wildman–Crippen MR) is 124 cm³/mol. The molecular formula is C26H28N2O6. The minimum absolute atomic E-state index is 0.0536. The maximum atomic E-state index is 14.2. The molecule has 8 heteroatoms. The van der Waals surface area contributed by atoms with E-state index in [1.165, 1.54) is 0 Å². The van der Waals surface area contributed by atoms with E-state index >= 15 is 0 Å². The van der Waals surface area contributed by atoms with Crippen LogP contribution in [-0.2, 0) is 32.7 Å². The van der Waals surface area contributed by atoms with Crippen molar-refractivity contribution in [3.63, 3.8) is 0 Å². The van der Waals surface area contributed by atoms with Crippen molar-refractivity contribution in [3.8, 4) is 17.2 Å². The van der Waals surface area contributed by atoms with Crippen LogP contribution in [0.1, 0.15) is 23.1 Å². The molecule has 1 aliphatic carbocycles. The predicted octanol–water partition coefficient (Wildman–Crippen LogP) is 2.38. The molecule has 0 fully saturated rings. The summed E-state index contributed by atoms with van der Waals surface area (Å²) in [4.78, 5) is 29.6. The first-order chi connectivity index (χ1) is 16.5. The number of benzene rings is 2. The van der Waals surface area contributed by atoms with E-state index in [0.717, 1.165) is 23.1 Å². The van der Waals surface area contributed by atoms with Crippen molar-refractivity contribution in [1.29, 1.82) is 0 Å². The molecule has 2 aromatic carbocycles. The molecule has 0 aromatic heterocycles. The topological polar surface area (TPSA) is 88.5 Å². The summed E-state index contributed by atoms with van der Waals surface area (Å²) in [7, 11) is 3.34. The molecule has 0 unspecified atom stereocenters. The van der Waals surface area contributed by atoms with E-state index in [1.54, 1.807) is 31.2 Å². The van der Waals surface area contributed by atoms with Gasteiger partial charge in [-0.05, 0) is 53.8 Å². The number of carbonyl (C=O) groups is 2. The average Bonchev–Trinajstić information content (AvgIpc) is 3.32. The first kappa shape index (κ1) is 22.3. The Morgan fingerprint density at radius 3 is 2.68 bits per heavy atom. The monoisotopic (exact) mass is 464 g/mol. The Bertz CT molecular complexity index is 1130. The summed E-state index contributed by atoms with van der Waals surface area (Å²) in [5.74, 6) is 1.43. The summed E-state index contributed by atoms with van der Waals surface area (Å²) in [6, 6.07) is 10.4. The third-order valence-corrected chi connectivity index (χ3v) is 7.17. The third kappa shape index (κ3) is 3.58. The number of nitrogens with zero attached hydrogens (tertiary/aromatic N) is 2. The van der Waals surface area contributed by atoms with Crippen molar-refractivity contribution >= 4 is 12.3 Å². The average molecular weight is 465 g/mol. The summed E-state index contributed by atoms with van der Waals surface area (Å²) in [5.41, 5.74) is 1.77. The maximum absolute atomic E-state index is 14.2. The van der Waals surface area contributed by atoms with Crippen LogP contribution >= 0.6 is 0 Å². The van der Waals surface area contributed by atoms with Crippen LogP contribution in [0, 0.1) is 0 Å². The zero-order valence-electron chi connectivity index (χ0n) is 19.3. The van der Waals surface area contributed by atoms with Crippen molar-refractivity contribution in [1.82, 2.24) is 9.80 Å². The van der Waals surface area contributed by atoms with Gasteiger partial charge in [0.1, 0.15) is 11.2 Å². The standard InChI is InChI=1S/C26H28N2O6/c1-27(15-29)24-12-20(32-2)7-9-26(24)21-13-23-22(33-16-34-23)11-18(21)14-28(25(26)31)10-8-17-3-5-19(30)6-4-17/h3-7,9,11,13,15,20,24,30H,8,10,12,14,16H2,1-2H3/t20-,24+,26-/m0/s1. The number of phenolic OH excluding ortho intramolecular Hbond substituents is 1. The van der Waals surface area contributed by atoms with Crippen molar-refractivity contribution < 1.29 is 28.9 Å². The maximum Gasteiger partial charge on any atom is 0.239 e. The van der Waals surface area contributed by atoms with Crippen molar-refractivity contribution in [2.24, 2.45) is 0 Å². The van der Waals surface area contributed by atoms with Crippen molar-refractivity contribution in [3.05, 3.63) is 65.2 Å². The van der Waals surface area contributed by atoms with Crippen LogP contribution in [0.4, 0.5) is 0 Å². The molecule has 5 rings (SSSR count). The largest absolute Gasteiger partial charge is 0.508 e. The quantitative estimate of drug-likeness (QED) is 0.522. The van der Waals surface area contributed by atoms with E-state index in [4.69, 9.17) is 14.2 Å². The van der Waals surface area contributed by atoms with Gasteiger partial charge in [-0.25, -0.2) is 0 Å². The Kier molecular flexibility index (Phi) is 5.69. The molecule has 2 amide bonds. The van der Waals surface area contributed by atoms with Crippen LogP contribution in [0.5, 0.6) is 17.2 Å².